The van der Waals surface area contributed by atoms with E-state index in [1.807, 2.05) is 6.07 Å². The summed E-state index contributed by atoms with van der Waals surface area (Å²) in [6, 6.07) is 1.88. The zero-order chi connectivity index (χ0) is 18.1. The molecule has 0 bridgehead atoms. The van der Waals surface area contributed by atoms with E-state index in [4.69, 9.17) is 5.73 Å². The zero-order valence-corrected chi connectivity index (χ0v) is 14.1. The molecular weight excluding hydrogens is 334 g/mol. The average molecular weight is 353 g/mol. The van der Waals surface area contributed by atoms with Crippen LogP contribution in [0, 0.1) is 5.92 Å². The van der Waals surface area contributed by atoms with Crippen molar-refractivity contribution >= 4 is 17.4 Å². The Balaban J connectivity index is 1.67. The standard InChI is InChI=1S/C17H19N7O2/c18-16(26)12-9-24-13(7-21-15(24)8-20-12)17-19-4-1-14(22-17)23-5-2-11(10-25)3-6-23/h1,4,7-9,11,25H,2-3,5-6,10H2,(H2,18,26). The van der Waals surface area contributed by atoms with Crippen LogP contribution in [0.15, 0.2) is 30.9 Å². The Morgan fingerprint density at radius 3 is 2.77 bits per heavy atom. The van der Waals surface area contributed by atoms with Crippen LogP contribution in [-0.4, -0.2) is 55.0 Å². The number of hydrogen-bond acceptors (Lipinski definition) is 7. The quantitative estimate of drug-likeness (QED) is 0.700. The van der Waals surface area contributed by atoms with Gasteiger partial charge >= 0.3 is 0 Å². The number of amides is 1. The van der Waals surface area contributed by atoms with E-state index < -0.39 is 5.91 Å². The molecule has 1 aliphatic heterocycles. The Kier molecular flexibility index (Phi) is 4.21. The van der Waals surface area contributed by atoms with Crippen LogP contribution < -0.4 is 10.6 Å². The number of aliphatic hydroxyl groups is 1. The molecule has 3 aromatic rings. The number of carbonyl (C=O) groups excluding carboxylic acids is 1. The lowest BCUT2D eigenvalue weighted by atomic mass is 9.98. The number of nitrogens with zero attached hydrogens (tertiary/aromatic N) is 6. The molecule has 3 aromatic heterocycles. The third-order valence-corrected chi connectivity index (χ3v) is 4.72. The molecule has 0 saturated carbocycles. The third-order valence-electron chi connectivity index (χ3n) is 4.72. The van der Waals surface area contributed by atoms with Gasteiger partial charge in [0.05, 0.1) is 12.4 Å². The van der Waals surface area contributed by atoms with Crippen LogP contribution >= 0.6 is 0 Å². The summed E-state index contributed by atoms with van der Waals surface area (Å²) in [6.07, 6.45) is 8.29. The first-order valence-corrected chi connectivity index (χ1v) is 8.48. The van der Waals surface area contributed by atoms with E-state index in [9.17, 15) is 9.90 Å². The molecule has 1 amide bonds. The summed E-state index contributed by atoms with van der Waals surface area (Å²) in [7, 11) is 0. The number of imidazole rings is 1. The topological polar surface area (TPSA) is 123 Å². The lowest BCUT2D eigenvalue weighted by Gasteiger charge is -2.31. The van der Waals surface area contributed by atoms with Crippen LogP contribution in [0.5, 0.6) is 0 Å². The molecule has 0 aromatic carbocycles. The number of primary amides is 1. The van der Waals surface area contributed by atoms with Crippen molar-refractivity contribution in [2.24, 2.45) is 11.7 Å². The van der Waals surface area contributed by atoms with Gasteiger partial charge in [-0.05, 0) is 24.8 Å². The summed E-state index contributed by atoms with van der Waals surface area (Å²) in [4.78, 5) is 30.9. The molecule has 1 saturated heterocycles. The minimum absolute atomic E-state index is 0.152. The monoisotopic (exact) mass is 353 g/mol. The van der Waals surface area contributed by atoms with Crippen molar-refractivity contribution in [2.45, 2.75) is 12.8 Å². The average Bonchev–Trinajstić information content (AvgIpc) is 3.11. The van der Waals surface area contributed by atoms with E-state index >= 15 is 0 Å². The fourth-order valence-corrected chi connectivity index (χ4v) is 3.18. The van der Waals surface area contributed by atoms with Crippen LogP contribution in [0.1, 0.15) is 23.3 Å². The molecule has 1 aliphatic rings. The fourth-order valence-electron chi connectivity index (χ4n) is 3.18. The van der Waals surface area contributed by atoms with E-state index in [0.29, 0.717) is 23.1 Å². The Labute approximate surface area is 149 Å². The summed E-state index contributed by atoms with van der Waals surface area (Å²) in [5.41, 5.74) is 6.72. The molecule has 0 spiro atoms. The van der Waals surface area contributed by atoms with E-state index in [-0.39, 0.29) is 12.3 Å². The number of aromatic nitrogens is 5. The number of piperidine rings is 1. The predicted molar refractivity (Wildman–Crippen MR) is 94.6 cm³/mol. The second-order valence-corrected chi connectivity index (χ2v) is 6.36. The predicted octanol–water partition coefficient (Wildman–Crippen LogP) is 0.494. The van der Waals surface area contributed by atoms with Gasteiger partial charge < -0.3 is 15.7 Å². The maximum absolute atomic E-state index is 11.4. The summed E-state index contributed by atoms with van der Waals surface area (Å²) in [5.74, 6) is 1.12. The largest absolute Gasteiger partial charge is 0.396 e. The fraction of sp³-hybridized carbons (Fsp3) is 0.353. The number of carbonyl (C=O) groups is 1. The normalized spacial score (nSPS) is 15.5. The van der Waals surface area contributed by atoms with Crippen LogP contribution in [0.4, 0.5) is 5.82 Å². The Morgan fingerprint density at radius 1 is 1.23 bits per heavy atom. The van der Waals surface area contributed by atoms with Crippen molar-refractivity contribution < 1.29 is 9.90 Å². The van der Waals surface area contributed by atoms with E-state index in [1.165, 1.54) is 6.20 Å². The van der Waals surface area contributed by atoms with Gasteiger partial charge in [0.15, 0.2) is 11.5 Å². The molecule has 0 atom stereocenters. The molecule has 0 radical (unpaired) electrons. The molecule has 134 valence electrons. The van der Waals surface area contributed by atoms with Crippen molar-refractivity contribution in [1.29, 1.82) is 0 Å². The van der Waals surface area contributed by atoms with Crippen LogP contribution in [0.3, 0.4) is 0 Å². The Hall–Kier alpha value is -3.07. The zero-order valence-electron chi connectivity index (χ0n) is 14.1. The lowest BCUT2D eigenvalue weighted by Crippen LogP contribution is -2.35. The highest BCUT2D eigenvalue weighted by Crippen LogP contribution is 2.24. The molecule has 9 heteroatoms. The van der Waals surface area contributed by atoms with Crippen LogP contribution in [0.25, 0.3) is 17.2 Å². The van der Waals surface area contributed by atoms with E-state index in [0.717, 1.165) is 31.7 Å². The molecule has 1 fully saturated rings. The summed E-state index contributed by atoms with van der Waals surface area (Å²) < 4.78 is 1.71. The minimum atomic E-state index is -0.604. The van der Waals surface area contributed by atoms with Crippen molar-refractivity contribution in [3.8, 4) is 11.5 Å². The van der Waals surface area contributed by atoms with Gasteiger partial charge in [-0.1, -0.05) is 0 Å². The molecule has 4 heterocycles. The van der Waals surface area contributed by atoms with Gasteiger partial charge in [0, 0.05) is 32.1 Å². The second kappa shape index (κ2) is 6.68. The highest BCUT2D eigenvalue weighted by molar-refractivity contribution is 5.90. The van der Waals surface area contributed by atoms with Crippen molar-refractivity contribution in [2.75, 3.05) is 24.6 Å². The van der Waals surface area contributed by atoms with Gasteiger partial charge in [0.2, 0.25) is 0 Å². The van der Waals surface area contributed by atoms with Crippen molar-refractivity contribution in [3.63, 3.8) is 0 Å². The van der Waals surface area contributed by atoms with E-state index in [2.05, 4.69) is 24.8 Å². The van der Waals surface area contributed by atoms with Crippen molar-refractivity contribution in [3.05, 3.63) is 36.5 Å². The van der Waals surface area contributed by atoms with Gasteiger partial charge in [0.25, 0.3) is 5.91 Å². The number of nitrogens with two attached hydrogens (primary N) is 1. The molecule has 0 unspecified atom stereocenters. The number of fused-ring (bicyclic) bond motifs is 1. The lowest BCUT2D eigenvalue weighted by molar-refractivity contribution is 0.0995. The molecule has 9 nitrogen and oxygen atoms in total. The number of hydrogen-bond donors (Lipinski definition) is 2. The number of aliphatic hydroxyl groups excluding tert-OH is 1. The molecule has 26 heavy (non-hydrogen) atoms. The first-order valence-electron chi connectivity index (χ1n) is 8.48. The summed E-state index contributed by atoms with van der Waals surface area (Å²) in [6.45, 7) is 1.94. The van der Waals surface area contributed by atoms with E-state index in [1.54, 1.807) is 23.0 Å². The maximum atomic E-state index is 11.4. The highest BCUT2D eigenvalue weighted by Gasteiger charge is 2.20. The first kappa shape index (κ1) is 16.4. The van der Waals surface area contributed by atoms with Gasteiger partial charge in [0.1, 0.15) is 17.2 Å². The second-order valence-electron chi connectivity index (χ2n) is 6.36. The molecular formula is C17H19N7O2. The van der Waals surface area contributed by atoms with Crippen LogP contribution in [0.2, 0.25) is 0 Å². The minimum Gasteiger partial charge on any atom is -0.396 e. The maximum Gasteiger partial charge on any atom is 0.268 e. The Morgan fingerprint density at radius 2 is 2.04 bits per heavy atom. The highest BCUT2D eigenvalue weighted by atomic mass is 16.3. The summed E-state index contributed by atoms with van der Waals surface area (Å²) in [5, 5.41) is 9.29. The molecule has 4 rings (SSSR count). The first-order chi connectivity index (χ1) is 12.7. The van der Waals surface area contributed by atoms with Gasteiger partial charge in [-0.2, -0.15) is 0 Å². The van der Waals surface area contributed by atoms with Crippen LogP contribution in [-0.2, 0) is 0 Å². The van der Waals surface area contributed by atoms with Gasteiger partial charge in [-0.25, -0.2) is 19.9 Å². The number of rotatable bonds is 4. The molecule has 3 N–H and O–H groups in total. The summed E-state index contributed by atoms with van der Waals surface area (Å²) >= 11 is 0. The SMILES string of the molecule is NC(=O)c1cn2c(-c3nccc(N4CCC(CO)CC4)n3)cnc2cn1. The Bertz CT molecular complexity index is 947. The van der Waals surface area contributed by atoms with Gasteiger partial charge in [-0.15, -0.1) is 0 Å². The third kappa shape index (κ3) is 2.97. The molecule has 0 aliphatic carbocycles. The van der Waals surface area contributed by atoms with Crippen molar-refractivity contribution in [1.82, 2.24) is 24.3 Å². The smallest absolute Gasteiger partial charge is 0.268 e. The number of anilines is 1. The van der Waals surface area contributed by atoms with Gasteiger partial charge in [-0.3, -0.25) is 9.20 Å².